The van der Waals surface area contributed by atoms with E-state index >= 15 is 0 Å². The molecule has 2 N–H and O–H groups in total. The lowest BCUT2D eigenvalue weighted by Gasteiger charge is -2.44. The van der Waals surface area contributed by atoms with Gasteiger partial charge in [-0.2, -0.15) is 0 Å². The van der Waals surface area contributed by atoms with Gasteiger partial charge in [0, 0.05) is 63.0 Å². The van der Waals surface area contributed by atoms with Crippen LogP contribution >= 0.6 is 0 Å². The Kier molecular flexibility index (Phi) is 12.3. The Balaban J connectivity index is 0.866. The van der Waals surface area contributed by atoms with Gasteiger partial charge < -0.3 is 24.3 Å². The molecule has 3 saturated heterocycles. The minimum absolute atomic E-state index is 0.0950. The number of amides is 6. The Bertz CT molecular complexity index is 2320. The number of imide groups is 2. The maximum atomic E-state index is 13.5. The normalized spacial score (nSPS) is 23.6. The number of fused-ring (bicyclic) bond motifs is 2. The molecule has 0 saturated carbocycles. The van der Waals surface area contributed by atoms with Crippen molar-refractivity contribution in [2.75, 3.05) is 47.4 Å². The molecule has 3 atom stereocenters. The highest BCUT2D eigenvalue weighted by Gasteiger charge is 2.45. The van der Waals surface area contributed by atoms with Gasteiger partial charge in [-0.15, -0.1) is 0 Å². The molecule has 1 aromatic heterocycles. The number of nitrogens with one attached hydrogen (secondary N) is 2. The molecule has 0 radical (unpaired) electrons. The zero-order valence-corrected chi connectivity index (χ0v) is 36.8. The van der Waals surface area contributed by atoms with Gasteiger partial charge in [0.15, 0.2) is 0 Å². The van der Waals surface area contributed by atoms with Crippen molar-refractivity contribution in [2.24, 2.45) is 13.0 Å². The van der Waals surface area contributed by atoms with Crippen molar-refractivity contribution in [3.8, 4) is 22.6 Å². The van der Waals surface area contributed by atoms with Crippen molar-refractivity contribution in [1.29, 1.82) is 0 Å². The van der Waals surface area contributed by atoms with Crippen LogP contribution in [0.15, 0.2) is 41.3 Å². The van der Waals surface area contributed by atoms with Crippen molar-refractivity contribution in [2.45, 2.75) is 102 Å². The minimum atomic E-state index is -0.970. The van der Waals surface area contributed by atoms with E-state index in [2.05, 4.69) is 34.3 Å². The SMILES string of the molecule is CNC(=O)N1CCc2c(-c3cc(OC)c(CN4CCC(CCN5C(C)CC(c6ccc7c(c6)C(=O)N(C6CCC(=O)NC6=O)C7=O)CC5C)CC4)c(OC)c3)cn(C)c(=O)c2C1. The number of hydrogen-bond donors (Lipinski definition) is 2. The number of likely N-dealkylation sites (tertiary alicyclic amines) is 2. The number of benzene rings is 2. The van der Waals surface area contributed by atoms with Crippen molar-refractivity contribution in [3.05, 3.63) is 80.3 Å². The zero-order chi connectivity index (χ0) is 44.0. The Labute approximate surface area is 362 Å². The number of piperidine rings is 3. The van der Waals surface area contributed by atoms with E-state index in [-0.39, 0.29) is 42.8 Å². The number of carbonyl (C=O) groups is 5. The number of ether oxygens (including phenoxy) is 2. The summed E-state index contributed by atoms with van der Waals surface area (Å²) in [5.74, 6) is 0.431. The van der Waals surface area contributed by atoms with Gasteiger partial charge in [-0.25, -0.2) is 4.79 Å². The van der Waals surface area contributed by atoms with Crippen LogP contribution in [0.1, 0.15) is 108 Å². The molecule has 3 aromatic rings. The van der Waals surface area contributed by atoms with Crippen molar-refractivity contribution in [3.63, 3.8) is 0 Å². The molecule has 8 rings (SSSR count). The first-order valence-corrected chi connectivity index (χ1v) is 22.1. The fraction of sp³-hybridized carbons (Fsp3) is 0.532. The monoisotopic (exact) mass is 849 g/mol. The predicted molar refractivity (Wildman–Crippen MR) is 232 cm³/mol. The van der Waals surface area contributed by atoms with Crippen LogP contribution in [0.25, 0.3) is 11.1 Å². The van der Waals surface area contributed by atoms with E-state index in [0.717, 1.165) is 96.0 Å². The second-order valence-corrected chi connectivity index (χ2v) is 17.9. The van der Waals surface area contributed by atoms with Gasteiger partial charge in [0.25, 0.3) is 17.4 Å². The predicted octanol–water partition coefficient (Wildman–Crippen LogP) is 4.43. The molecule has 6 amide bonds. The number of urea groups is 1. The Morgan fingerprint density at radius 1 is 0.839 bits per heavy atom. The summed E-state index contributed by atoms with van der Waals surface area (Å²) in [6.45, 7) is 9.04. The molecule has 330 valence electrons. The number of hydrogen-bond acceptors (Lipinski definition) is 10. The molecule has 3 fully saturated rings. The topological polar surface area (TPSA) is 163 Å². The molecular weight excluding hydrogens is 791 g/mol. The number of nitrogens with zero attached hydrogens (tertiary/aromatic N) is 5. The number of carbonyl (C=O) groups excluding carboxylic acids is 5. The first kappa shape index (κ1) is 43.1. The summed E-state index contributed by atoms with van der Waals surface area (Å²) in [5.41, 5.74) is 6.05. The fourth-order valence-corrected chi connectivity index (χ4v) is 10.7. The second kappa shape index (κ2) is 17.7. The fourth-order valence-electron chi connectivity index (χ4n) is 10.7. The molecule has 15 nitrogen and oxygen atoms in total. The van der Waals surface area contributed by atoms with Crippen LogP contribution in [-0.4, -0.2) is 119 Å². The molecule has 5 aliphatic rings. The standard InChI is InChI=1S/C47H59N7O8/c1-27-19-31(30-7-8-34-35(21-30)46(59)54(45(34)58)39-9-10-42(55)49-43(39)56)20-28(2)53(27)18-13-29-11-15-51(16-12-29)25-38-40(61-5)22-32(23-41(38)62-6)36-24-50(4)44(57)37-26-52(47(60)48-3)17-14-33(36)37/h7-8,21-24,27-29,31,39H,9-20,25-26H2,1-6H3,(H,48,60)(H,49,55,56). The lowest BCUT2D eigenvalue weighted by atomic mass is 9.81. The number of aromatic nitrogens is 1. The summed E-state index contributed by atoms with van der Waals surface area (Å²) in [6, 6.07) is 9.18. The molecule has 0 aliphatic carbocycles. The molecule has 0 bridgehead atoms. The smallest absolute Gasteiger partial charge is 0.317 e. The Morgan fingerprint density at radius 3 is 2.16 bits per heavy atom. The summed E-state index contributed by atoms with van der Waals surface area (Å²) in [7, 11) is 6.72. The third-order valence-corrected chi connectivity index (χ3v) is 14.2. The van der Waals surface area contributed by atoms with Crippen molar-refractivity contribution in [1.82, 2.24) is 34.8 Å². The van der Waals surface area contributed by atoms with Crippen LogP contribution < -0.4 is 25.7 Å². The third kappa shape index (κ3) is 8.12. The highest BCUT2D eigenvalue weighted by Crippen LogP contribution is 2.41. The van der Waals surface area contributed by atoms with E-state index in [1.807, 2.05) is 30.5 Å². The van der Waals surface area contributed by atoms with E-state index in [4.69, 9.17) is 9.47 Å². The Hall–Kier alpha value is -5.54. The highest BCUT2D eigenvalue weighted by molar-refractivity contribution is 6.23. The molecule has 62 heavy (non-hydrogen) atoms. The summed E-state index contributed by atoms with van der Waals surface area (Å²) in [5, 5.41) is 4.94. The van der Waals surface area contributed by atoms with E-state index in [1.54, 1.807) is 43.8 Å². The van der Waals surface area contributed by atoms with E-state index < -0.39 is 23.8 Å². The lowest BCUT2D eigenvalue weighted by Crippen LogP contribution is -2.54. The molecule has 5 aliphatic heterocycles. The largest absolute Gasteiger partial charge is 0.496 e. The van der Waals surface area contributed by atoms with Gasteiger partial charge in [0.1, 0.15) is 17.5 Å². The van der Waals surface area contributed by atoms with Crippen LogP contribution in [0, 0.1) is 5.92 Å². The second-order valence-electron chi connectivity index (χ2n) is 17.9. The van der Waals surface area contributed by atoms with E-state index in [0.29, 0.717) is 54.2 Å². The molecule has 2 aromatic carbocycles. The van der Waals surface area contributed by atoms with E-state index in [9.17, 15) is 28.8 Å². The van der Waals surface area contributed by atoms with Crippen LogP contribution in [0.4, 0.5) is 4.79 Å². The maximum Gasteiger partial charge on any atom is 0.317 e. The third-order valence-electron chi connectivity index (χ3n) is 14.2. The minimum Gasteiger partial charge on any atom is -0.496 e. The van der Waals surface area contributed by atoms with Crippen molar-refractivity contribution < 1.29 is 33.4 Å². The van der Waals surface area contributed by atoms with Crippen LogP contribution in [0.5, 0.6) is 11.5 Å². The van der Waals surface area contributed by atoms with Gasteiger partial charge >= 0.3 is 6.03 Å². The van der Waals surface area contributed by atoms with E-state index in [1.165, 1.54) is 0 Å². The number of pyridine rings is 1. The summed E-state index contributed by atoms with van der Waals surface area (Å²) >= 11 is 0. The quantitative estimate of drug-likeness (QED) is 0.280. The average molecular weight is 850 g/mol. The molecule has 6 heterocycles. The summed E-state index contributed by atoms with van der Waals surface area (Å²) < 4.78 is 13.6. The maximum absolute atomic E-state index is 13.5. The average Bonchev–Trinajstić information content (AvgIpc) is 3.52. The van der Waals surface area contributed by atoms with Crippen molar-refractivity contribution >= 4 is 29.7 Å². The lowest BCUT2D eigenvalue weighted by molar-refractivity contribution is -0.136. The summed E-state index contributed by atoms with van der Waals surface area (Å²) in [4.78, 5) is 84.5. The number of methoxy groups -OCH3 is 2. The highest BCUT2D eigenvalue weighted by atomic mass is 16.5. The molecule has 3 unspecified atom stereocenters. The van der Waals surface area contributed by atoms with Gasteiger partial charge in [-0.1, -0.05) is 6.07 Å². The zero-order valence-electron chi connectivity index (χ0n) is 36.8. The van der Waals surface area contributed by atoms with Gasteiger partial charge in [0.2, 0.25) is 11.8 Å². The van der Waals surface area contributed by atoms with Crippen LogP contribution in [-0.2, 0) is 36.1 Å². The van der Waals surface area contributed by atoms with Crippen LogP contribution in [0.2, 0.25) is 0 Å². The molecule has 15 heteroatoms. The first-order valence-electron chi connectivity index (χ1n) is 22.1. The van der Waals surface area contributed by atoms with Gasteiger partial charge in [-0.05, 0) is 131 Å². The Morgan fingerprint density at radius 2 is 1.52 bits per heavy atom. The van der Waals surface area contributed by atoms with Gasteiger partial charge in [-0.3, -0.25) is 44.0 Å². The number of aryl methyl sites for hydroxylation is 1. The first-order chi connectivity index (χ1) is 29.8. The van der Waals surface area contributed by atoms with Gasteiger partial charge in [0.05, 0.1) is 37.5 Å². The molecular formula is C47H59N7O8. The summed E-state index contributed by atoms with van der Waals surface area (Å²) in [6.07, 6.45) is 7.93. The van der Waals surface area contributed by atoms with Crippen LogP contribution in [0.3, 0.4) is 0 Å². The molecule has 0 spiro atoms. The number of rotatable bonds is 10.